The molecule has 0 saturated heterocycles. The fraction of sp³-hybridized carbons (Fsp3) is 0.714. The Balaban J connectivity index is 2.68. The van der Waals surface area contributed by atoms with E-state index >= 15 is 0 Å². The summed E-state index contributed by atoms with van der Waals surface area (Å²) in [5.74, 6) is 2.58. The van der Waals surface area contributed by atoms with E-state index in [1.807, 2.05) is 24.9 Å². The quantitative estimate of drug-likeness (QED) is 0.824. The molecule has 1 rings (SSSR count). The Morgan fingerprint density at radius 2 is 2.00 bits per heavy atom. The second-order valence-electron chi connectivity index (χ2n) is 6.11. The molecule has 0 aliphatic rings. The zero-order chi connectivity index (χ0) is 14.5. The van der Waals surface area contributed by atoms with Gasteiger partial charge in [-0.25, -0.2) is 9.97 Å². The van der Waals surface area contributed by atoms with Gasteiger partial charge in [0.2, 0.25) is 0 Å². The molecule has 3 N–H and O–H groups in total. The molecule has 0 fully saturated rings. The Morgan fingerprint density at radius 3 is 2.58 bits per heavy atom. The van der Waals surface area contributed by atoms with Gasteiger partial charge >= 0.3 is 0 Å². The van der Waals surface area contributed by atoms with Crippen LogP contribution in [0.4, 0.5) is 11.6 Å². The van der Waals surface area contributed by atoms with Crippen molar-refractivity contribution in [1.82, 2.24) is 9.97 Å². The molecule has 1 aromatic heterocycles. The number of anilines is 2. The lowest BCUT2D eigenvalue weighted by molar-refractivity contribution is 0.389. The molecule has 0 aromatic carbocycles. The Labute approximate surface area is 116 Å². The molecule has 0 spiro atoms. The first-order valence-corrected chi connectivity index (χ1v) is 6.82. The van der Waals surface area contributed by atoms with Gasteiger partial charge in [-0.2, -0.15) is 0 Å². The van der Waals surface area contributed by atoms with Crippen LogP contribution < -0.4 is 16.0 Å². The van der Waals surface area contributed by atoms with Gasteiger partial charge in [0.25, 0.3) is 0 Å². The number of nitrogens with two attached hydrogens (primary N) is 1. The molecule has 0 unspecified atom stereocenters. The summed E-state index contributed by atoms with van der Waals surface area (Å²) >= 11 is 0. The third-order valence-corrected chi connectivity index (χ3v) is 2.86. The fourth-order valence-corrected chi connectivity index (χ4v) is 1.71. The average Bonchev–Trinajstić information content (AvgIpc) is 2.26. The number of nitrogens with one attached hydrogen (secondary N) is 1. The van der Waals surface area contributed by atoms with Crippen molar-refractivity contribution >= 4 is 11.6 Å². The van der Waals surface area contributed by atoms with Gasteiger partial charge in [-0.15, -0.1) is 0 Å². The lowest BCUT2D eigenvalue weighted by Gasteiger charge is -2.20. The molecule has 5 nitrogen and oxygen atoms in total. The molecule has 0 aliphatic carbocycles. The summed E-state index contributed by atoms with van der Waals surface area (Å²) in [4.78, 5) is 10.9. The predicted molar refractivity (Wildman–Crippen MR) is 81.7 cm³/mol. The standard InChI is InChI=1S/C14H27N5/c1-11-17-12(16-8-6-14(2,3)4)10-13(18-11)19(5)9-7-15/h10H,6-9,15H2,1-5H3,(H,16,17,18). The van der Waals surface area contributed by atoms with Gasteiger partial charge in [-0.05, 0) is 18.8 Å². The van der Waals surface area contributed by atoms with Crippen molar-refractivity contribution in [2.24, 2.45) is 11.1 Å². The van der Waals surface area contributed by atoms with E-state index in [1.165, 1.54) is 0 Å². The summed E-state index contributed by atoms with van der Waals surface area (Å²) in [6.07, 6.45) is 1.10. The summed E-state index contributed by atoms with van der Waals surface area (Å²) in [5.41, 5.74) is 5.90. The van der Waals surface area contributed by atoms with Gasteiger partial charge in [0, 0.05) is 32.7 Å². The van der Waals surface area contributed by atoms with Gasteiger partial charge in [-0.3, -0.25) is 0 Å². The Morgan fingerprint density at radius 1 is 1.32 bits per heavy atom. The van der Waals surface area contributed by atoms with Crippen LogP contribution in [0.25, 0.3) is 0 Å². The number of aromatic nitrogens is 2. The van der Waals surface area contributed by atoms with E-state index in [4.69, 9.17) is 5.73 Å². The lowest BCUT2D eigenvalue weighted by atomic mass is 9.92. The lowest BCUT2D eigenvalue weighted by Crippen LogP contribution is -2.26. The highest BCUT2D eigenvalue weighted by Crippen LogP contribution is 2.19. The molecule has 5 heteroatoms. The average molecular weight is 265 g/mol. The van der Waals surface area contributed by atoms with E-state index < -0.39 is 0 Å². The SMILES string of the molecule is Cc1nc(NCCC(C)(C)C)cc(N(C)CCN)n1. The van der Waals surface area contributed by atoms with Gasteiger partial charge in [0.1, 0.15) is 17.5 Å². The van der Waals surface area contributed by atoms with Crippen LogP contribution >= 0.6 is 0 Å². The number of likely N-dealkylation sites (N-methyl/N-ethyl adjacent to an activating group) is 1. The molecular formula is C14H27N5. The van der Waals surface area contributed by atoms with E-state index in [0.717, 1.165) is 37.0 Å². The second kappa shape index (κ2) is 6.70. The van der Waals surface area contributed by atoms with E-state index in [0.29, 0.717) is 12.0 Å². The van der Waals surface area contributed by atoms with Crippen LogP contribution in [0.15, 0.2) is 6.07 Å². The summed E-state index contributed by atoms with van der Waals surface area (Å²) < 4.78 is 0. The third-order valence-electron chi connectivity index (χ3n) is 2.86. The number of nitrogens with zero attached hydrogens (tertiary/aromatic N) is 3. The largest absolute Gasteiger partial charge is 0.370 e. The molecule has 1 aromatic rings. The highest BCUT2D eigenvalue weighted by atomic mass is 15.2. The predicted octanol–water partition coefficient (Wildman–Crippen LogP) is 2.03. The molecule has 1 heterocycles. The maximum absolute atomic E-state index is 5.57. The Bertz CT molecular complexity index is 397. The van der Waals surface area contributed by atoms with Crippen molar-refractivity contribution in [3.05, 3.63) is 11.9 Å². The summed E-state index contributed by atoms with van der Waals surface area (Å²) in [5, 5.41) is 3.37. The van der Waals surface area contributed by atoms with Crippen LogP contribution in [-0.2, 0) is 0 Å². The van der Waals surface area contributed by atoms with Crippen molar-refractivity contribution in [2.75, 3.05) is 36.9 Å². The minimum Gasteiger partial charge on any atom is -0.370 e. The van der Waals surface area contributed by atoms with Gasteiger partial charge < -0.3 is 16.0 Å². The molecule has 0 bridgehead atoms. The molecule has 0 aliphatic heterocycles. The Hall–Kier alpha value is -1.36. The molecule has 0 saturated carbocycles. The minimum atomic E-state index is 0.328. The molecule has 0 radical (unpaired) electrons. The zero-order valence-electron chi connectivity index (χ0n) is 12.8. The van der Waals surface area contributed by atoms with Gasteiger partial charge in [-0.1, -0.05) is 20.8 Å². The van der Waals surface area contributed by atoms with Crippen molar-refractivity contribution in [1.29, 1.82) is 0 Å². The number of rotatable bonds is 6. The van der Waals surface area contributed by atoms with Gasteiger partial charge in [0.05, 0.1) is 0 Å². The van der Waals surface area contributed by atoms with Crippen molar-refractivity contribution < 1.29 is 0 Å². The van der Waals surface area contributed by atoms with Crippen molar-refractivity contribution in [3.63, 3.8) is 0 Å². The van der Waals surface area contributed by atoms with Crippen LogP contribution in [0.5, 0.6) is 0 Å². The minimum absolute atomic E-state index is 0.328. The van der Waals surface area contributed by atoms with E-state index in [1.54, 1.807) is 0 Å². The first-order valence-electron chi connectivity index (χ1n) is 6.82. The zero-order valence-corrected chi connectivity index (χ0v) is 12.8. The summed E-state index contributed by atoms with van der Waals surface area (Å²) in [6, 6.07) is 1.98. The van der Waals surface area contributed by atoms with Crippen LogP contribution in [0.3, 0.4) is 0 Å². The Kier molecular flexibility index (Phi) is 5.54. The molecule has 0 amide bonds. The monoisotopic (exact) mass is 265 g/mol. The molecule has 19 heavy (non-hydrogen) atoms. The van der Waals surface area contributed by atoms with Crippen LogP contribution in [0.2, 0.25) is 0 Å². The molecule has 108 valence electrons. The third kappa shape index (κ3) is 5.87. The van der Waals surface area contributed by atoms with Crippen LogP contribution in [-0.4, -0.2) is 36.6 Å². The summed E-state index contributed by atoms with van der Waals surface area (Å²) in [6.45, 7) is 10.9. The fourth-order valence-electron chi connectivity index (χ4n) is 1.71. The molecule has 0 atom stereocenters. The van der Waals surface area contributed by atoms with E-state index in [-0.39, 0.29) is 0 Å². The normalized spacial score (nSPS) is 11.5. The smallest absolute Gasteiger partial charge is 0.134 e. The first-order chi connectivity index (χ1) is 8.81. The highest BCUT2D eigenvalue weighted by Gasteiger charge is 2.10. The van der Waals surface area contributed by atoms with Crippen molar-refractivity contribution in [2.45, 2.75) is 34.1 Å². The maximum Gasteiger partial charge on any atom is 0.134 e. The van der Waals surface area contributed by atoms with E-state index in [9.17, 15) is 0 Å². The number of aryl methyl sites for hydroxylation is 1. The van der Waals surface area contributed by atoms with E-state index in [2.05, 4.69) is 36.1 Å². The van der Waals surface area contributed by atoms with Crippen molar-refractivity contribution in [3.8, 4) is 0 Å². The topological polar surface area (TPSA) is 67.1 Å². The number of hydrogen-bond donors (Lipinski definition) is 2. The van der Waals surface area contributed by atoms with Crippen LogP contribution in [0, 0.1) is 12.3 Å². The van der Waals surface area contributed by atoms with Gasteiger partial charge in [0.15, 0.2) is 0 Å². The van der Waals surface area contributed by atoms with Crippen LogP contribution in [0.1, 0.15) is 33.0 Å². The number of hydrogen-bond acceptors (Lipinski definition) is 5. The second-order valence-corrected chi connectivity index (χ2v) is 6.11. The highest BCUT2D eigenvalue weighted by molar-refractivity contribution is 5.48. The summed E-state index contributed by atoms with van der Waals surface area (Å²) in [7, 11) is 1.99. The first kappa shape index (κ1) is 15.7. The molecular weight excluding hydrogens is 238 g/mol. The maximum atomic E-state index is 5.57.